The van der Waals surface area contributed by atoms with Gasteiger partial charge >= 0.3 is 5.97 Å². The molecule has 1 aliphatic rings. The van der Waals surface area contributed by atoms with E-state index in [2.05, 4.69) is 13.8 Å². The molecule has 116 valence electrons. The van der Waals surface area contributed by atoms with Crippen LogP contribution >= 0.6 is 0 Å². The molecule has 4 nitrogen and oxygen atoms in total. The van der Waals surface area contributed by atoms with Crippen LogP contribution in [0.5, 0.6) is 0 Å². The molecule has 0 unspecified atom stereocenters. The van der Waals surface area contributed by atoms with Crippen molar-refractivity contribution in [1.29, 1.82) is 0 Å². The first-order chi connectivity index (χ1) is 9.32. The third kappa shape index (κ3) is 3.97. The van der Waals surface area contributed by atoms with E-state index in [4.69, 9.17) is 4.74 Å². The molecule has 20 heavy (non-hydrogen) atoms. The molecule has 1 rings (SSSR count). The van der Waals surface area contributed by atoms with Gasteiger partial charge in [-0.1, -0.05) is 26.7 Å². The van der Waals surface area contributed by atoms with Gasteiger partial charge in [0.2, 0.25) is 5.91 Å². The van der Waals surface area contributed by atoms with Crippen molar-refractivity contribution in [3.63, 3.8) is 0 Å². The summed E-state index contributed by atoms with van der Waals surface area (Å²) in [5, 5.41) is 0. The lowest BCUT2D eigenvalue weighted by atomic mass is 9.77. The van der Waals surface area contributed by atoms with Gasteiger partial charge in [0.1, 0.15) is 6.54 Å². The van der Waals surface area contributed by atoms with Crippen molar-refractivity contribution in [2.24, 2.45) is 11.3 Å². The van der Waals surface area contributed by atoms with Gasteiger partial charge in [0.25, 0.3) is 0 Å². The van der Waals surface area contributed by atoms with Crippen molar-refractivity contribution in [3.05, 3.63) is 0 Å². The molecule has 0 N–H and O–H groups in total. The largest absolute Gasteiger partial charge is 0.468 e. The van der Waals surface area contributed by atoms with Gasteiger partial charge < -0.3 is 9.64 Å². The highest BCUT2D eigenvalue weighted by atomic mass is 16.5. The number of carbonyl (C=O) groups excluding carboxylic acids is 2. The number of carbonyl (C=O) groups is 2. The molecule has 0 aliphatic heterocycles. The first kappa shape index (κ1) is 17.0. The minimum absolute atomic E-state index is 0.0197. The zero-order chi connectivity index (χ0) is 15.3. The SMILES string of the molecule is COC(=O)CN(C(=O)C1(CC(C)C)CCCC1)C(C)C. The average molecular weight is 283 g/mol. The summed E-state index contributed by atoms with van der Waals surface area (Å²) >= 11 is 0. The summed E-state index contributed by atoms with van der Waals surface area (Å²) in [6.07, 6.45) is 5.05. The topological polar surface area (TPSA) is 46.6 Å². The molecule has 0 aromatic rings. The molecular formula is C16H29NO3. The second-order valence-electron chi connectivity index (χ2n) is 6.69. The lowest BCUT2D eigenvalue weighted by Gasteiger charge is -2.37. The lowest BCUT2D eigenvalue weighted by Crippen LogP contribution is -2.49. The molecule has 1 amide bonds. The Morgan fingerprint density at radius 2 is 1.70 bits per heavy atom. The maximum atomic E-state index is 13.0. The Morgan fingerprint density at radius 1 is 1.15 bits per heavy atom. The molecule has 0 aromatic heterocycles. The second-order valence-corrected chi connectivity index (χ2v) is 6.69. The smallest absolute Gasteiger partial charge is 0.325 e. The van der Waals surface area contributed by atoms with E-state index in [1.165, 1.54) is 7.11 Å². The molecule has 0 radical (unpaired) electrons. The summed E-state index contributed by atoms with van der Waals surface area (Å²) in [4.78, 5) is 26.3. The van der Waals surface area contributed by atoms with Crippen molar-refractivity contribution in [2.75, 3.05) is 13.7 Å². The van der Waals surface area contributed by atoms with Crippen molar-refractivity contribution >= 4 is 11.9 Å². The predicted molar refractivity (Wildman–Crippen MR) is 79.2 cm³/mol. The van der Waals surface area contributed by atoms with Gasteiger partial charge in [-0.05, 0) is 39.0 Å². The van der Waals surface area contributed by atoms with Crippen LogP contribution < -0.4 is 0 Å². The van der Waals surface area contributed by atoms with Gasteiger partial charge in [-0.25, -0.2) is 0 Å². The van der Waals surface area contributed by atoms with E-state index in [-0.39, 0.29) is 29.9 Å². The monoisotopic (exact) mass is 283 g/mol. The first-order valence-electron chi connectivity index (χ1n) is 7.70. The Kier molecular flexibility index (Phi) is 6.03. The van der Waals surface area contributed by atoms with Crippen molar-refractivity contribution in [1.82, 2.24) is 4.90 Å². The summed E-state index contributed by atoms with van der Waals surface area (Å²) in [6, 6.07) is 0.0197. The van der Waals surface area contributed by atoms with Gasteiger partial charge in [0, 0.05) is 11.5 Å². The number of esters is 1. The van der Waals surface area contributed by atoms with E-state index in [0.29, 0.717) is 5.92 Å². The number of methoxy groups -OCH3 is 1. The summed E-state index contributed by atoms with van der Waals surface area (Å²) in [5.74, 6) is 0.290. The fourth-order valence-corrected chi connectivity index (χ4v) is 3.34. The van der Waals surface area contributed by atoms with Crippen molar-refractivity contribution in [2.45, 2.75) is 65.8 Å². The van der Waals surface area contributed by atoms with Gasteiger partial charge in [0.15, 0.2) is 0 Å². The maximum Gasteiger partial charge on any atom is 0.325 e. The average Bonchev–Trinajstić information content (AvgIpc) is 2.83. The molecule has 1 fully saturated rings. The zero-order valence-corrected chi connectivity index (χ0v) is 13.6. The third-order valence-electron chi connectivity index (χ3n) is 4.22. The number of hydrogen-bond donors (Lipinski definition) is 0. The first-order valence-corrected chi connectivity index (χ1v) is 7.70. The van der Waals surface area contributed by atoms with Gasteiger partial charge in [-0.2, -0.15) is 0 Å². The van der Waals surface area contributed by atoms with Gasteiger partial charge in [-0.3, -0.25) is 9.59 Å². The Morgan fingerprint density at radius 3 is 2.10 bits per heavy atom. The highest BCUT2D eigenvalue weighted by molar-refractivity contribution is 5.86. The van der Waals surface area contributed by atoms with E-state index in [1.807, 2.05) is 13.8 Å². The maximum absolute atomic E-state index is 13.0. The second kappa shape index (κ2) is 7.09. The Hall–Kier alpha value is -1.06. The van der Waals surface area contributed by atoms with E-state index in [9.17, 15) is 9.59 Å². The molecule has 0 aromatic carbocycles. The number of rotatable bonds is 6. The van der Waals surface area contributed by atoms with Crippen LogP contribution in [0.25, 0.3) is 0 Å². The van der Waals surface area contributed by atoms with E-state index in [1.54, 1.807) is 4.90 Å². The molecule has 1 aliphatic carbocycles. The normalized spacial score (nSPS) is 17.6. The standard InChI is InChI=1S/C16H29NO3/c1-12(2)10-16(8-6-7-9-16)15(19)17(13(3)4)11-14(18)20-5/h12-13H,6-11H2,1-5H3. The predicted octanol–water partition coefficient (Wildman–Crippen LogP) is 3.00. The van der Waals surface area contributed by atoms with Crippen LogP contribution in [-0.4, -0.2) is 36.5 Å². The molecular weight excluding hydrogens is 254 g/mol. The van der Waals surface area contributed by atoms with Gasteiger partial charge in [0.05, 0.1) is 7.11 Å². The van der Waals surface area contributed by atoms with Crippen LogP contribution in [0.4, 0.5) is 0 Å². The van der Waals surface area contributed by atoms with Crippen LogP contribution in [0.3, 0.4) is 0 Å². The minimum atomic E-state index is -0.343. The fraction of sp³-hybridized carbons (Fsp3) is 0.875. The zero-order valence-electron chi connectivity index (χ0n) is 13.6. The molecule has 1 saturated carbocycles. The van der Waals surface area contributed by atoms with E-state index >= 15 is 0 Å². The summed E-state index contributed by atoms with van der Waals surface area (Å²) in [7, 11) is 1.37. The van der Waals surface area contributed by atoms with Crippen LogP contribution in [0.15, 0.2) is 0 Å². The lowest BCUT2D eigenvalue weighted by molar-refractivity contribution is -0.153. The quantitative estimate of drug-likeness (QED) is 0.704. The fourth-order valence-electron chi connectivity index (χ4n) is 3.34. The van der Waals surface area contributed by atoms with Crippen LogP contribution in [0.1, 0.15) is 59.8 Å². The number of hydrogen-bond acceptors (Lipinski definition) is 3. The van der Waals surface area contributed by atoms with Crippen LogP contribution in [0, 0.1) is 11.3 Å². The van der Waals surface area contributed by atoms with Crippen LogP contribution in [-0.2, 0) is 14.3 Å². The summed E-state index contributed by atoms with van der Waals surface area (Å²) in [5.41, 5.74) is -0.257. The summed E-state index contributed by atoms with van der Waals surface area (Å²) < 4.78 is 4.72. The van der Waals surface area contributed by atoms with Crippen molar-refractivity contribution < 1.29 is 14.3 Å². The highest BCUT2D eigenvalue weighted by Gasteiger charge is 2.44. The Labute approximate surface area is 122 Å². The number of amides is 1. The van der Waals surface area contributed by atoms with Crippen molar-refractivity contribution in [3.8, 4) is 0 Å². The molecule has 0 atom stereocenters. The van der Waals surface area contributed by atoms with Gasteiger partial charge in [-0.15, -0.1) is 0 Å². The molecule has 4 heteroatoms. The van der Waals surface area contributed by atoms with Crippen LogP contribution in [0.2, 0.25) is 0 Å². The summed E-state index contributed by atoms with van der Waals surface area (Å²) in [6.45, 7) is 8.30. The Balaban J connectivity index is 2.92. The molecule has 0 saturated heterocycles. The molecule has 0 bridgehead atoms. The minimum Gasteiger partial charge on any atom is -0.468 e. The van der Waals surface area contributed by atoms with E-state index in [0.717, 1.165) is 32.1 Å². The number of ether oxygens (including phenoxy) is 1. The molecule has 0 heterocycles. The Bertz CT molecular complexity index is 344. The number of nitrogens with zero attached hydrogens (tertiary/aromatic N) is 1. The van der Waals surface area contributed by atoms with E-state index < -0.39 is 0 Å². The third-order valence-corrected chi connectivity index (χ3v) is 4.22. The highest BCUT2D eigenvalue weighted by Crippen LogP contribution is 2.44. The molecule has 0 spiro atoms.